The van der Waals surface area contributed by atoms with Gasteiger partial charge in [-0.2, -0.15) is 5.10 Å². The van der Waals surface area contributed by atoms with Gasteiger partial charge >= 0.3 is 5.69 Å². The molecule has 0 radical (unpaired) electrons. The van der Waals surface area contributed by atoms with Crippen LogP contribution in [0.4, 0.5) is 0 Å². The van der Waals surface area contributed by atoms with Crippen LogP contribution in [-0.4, -0.2) is 51.6 Å². The zero-order chi connectivity index (χ0) is 20.6. The van der Waals surface area contributed by atoms with E-state index >= 15 is 0 Å². The third-order valence-corrected chi connectivity index (χ3v) is 5.84. The van der Waals surface area contributed by atoms with Gasteiger partial charge in [-0.25, -0.2) is 9.48 Å². The summed E-state index contributed by atoms with van der Waals surface area (Å²) >= 11 is 1.75. The fourth-order valence-corrected chi connectivity index (χ4v) is 3.96. The number of hydrogen-bond acceptors (Lipinski definition) is 4. The second-order valence-electron chi connectivity index (χ2n) is 7.32. The number of fused-ring (bicyclic) bond motifs is 1. The van der Waals surface area contributed by atoms with Gasteiger partial charge in [-0.05, 0) is 50.1 Å². The van der Waals surface area contributed by atoms with Crippen molar-refractivity contribution in [2.45, 2.75) is 57.1 Å². The molecule has 166 valence electrons. The molecule has 1 aliphatic rings. The van der Waals surface area contributed by atoms with Crippen LogP contribution in [0.2, 0.25) is 0 Å². The van der Waals surface area contributed by atoms with Crippen molar-refractivity contribution in [3.63, 3.8) is 0 Å². The Bertz CT molecular complexity index is 877. The number of nitrogens with one attached hydrogen (secondary N) is 1. The molecule has 0 aliphatic carbocycles. The molecule has 3 rings (SSSR count). The molecule has 1 aromatic heterocycles. The summed E-state index contributed by atoms with van der Waals surface area (Å²) in [5.74, 6) is 1.82. The molecule has 9 heteroatoms. The molecule has 0 saturated carbocycles. The maximum atomic E-state index is 12.4. The molecule has 7 nitrogen and oxygen atoms in total. The first kappa shape index (κ1) is 24.8. The lowest BCUT2D eigenvalue weighted by atomic mass is 10.2. The molecule has 0 amide bonds. The van der Waals surface area contributed by atoms with E-state index in [-0.39, 0.29) is 29.7 Å². The van der Waals surface area contributed by atoms with Crippen LogP contribution in [0.25, 0.3) is 0 Å². The minimum absolute atomic E-state index is 0. The zero-order valence-corrected chi connectivity index (χ0v) is 21.3. The molecule has 0 bridgehead atoms. The van der Waals surface area contributed by atoms with E-state index in [0.717, 1.165) is 57.1 Å². The van der Waals surface area contributed by atoms with Gasteiger partial charge in [-0.3, -0.25) is 9.56 Å². The molecule has 0 atom stereocenters. The molecule has 2 aromatic rings. The van der Waals surface area contributed by atoms with E-state index in [1.165, 1.54) is 10.5 Å². The lowest BCUT2D eigenvalue weighted by molar-refractivity contribution is 0.474. The summed E-state index contributed by atoms with van der Waals surface area (Å²) in [4.78, 5) is 20.6. The van der Waals surface area contributed by atoms with Gasteiger partial charge in [0, 0.05) is 51.1 Å². The van der Waals surface area contributed by atoms with Crippen LogP contribution in [0, 0.1) is 0 Å². The van der Waals surface area contributed by atoms with Gasteiger partial charge in [-0.15, -0.1) is 35.7 Å². The Morgan fingerprint density at radius 1 is 1.30 bits per heavy atom. The first-order valence-electron chi connectivity index (χ1n) is 10.4. The minimum atomic E-state index is 0. The van der Waals surface area contributed by atoms with Crippen LogP contribution in [-0.2, 0) is 26.1 Å². The van der Waals surface area contributed by atoms with E-state index in [0.29, 0.717) is 13.1 Å². The van der Waals surface area contributed by atoms with Crippen molar-refractivity contribution >= 4 is 41.7 Å². The van der Waals surface area contributed by atoms with Crippen molar-refractivity contribution < 1.29 is 0 Å². The fraction of sp³-hybridized carbons (Fsp3) is 0.571. The summed E-state index contributed by atoms with van der Waals surface area (Å²) in [7, 11) is 2.05. The lowest BCUT2D eigenvalue weighted by Gasteiger charge is -2.22. The average Bonchev–Trinajstić information content (AvgIpc) is 3.06. The first-order chi connectivity index (χ1) is 14.1. The largest absolute Gasteiger partial charge is 0.357 e. The van der Waals surface area contributed by atoms with E-state index in [1.807, 2.05) is 4.57 Å². The van der Waals surface area contributed by atoms with Crippen molar-refractivity contribution in [1.82, 2.24) is 24.6 Å². The molecular weight excluding hydrogens is 511 g/mol. The van der Waals surface area contributed by atoms with Crippen molar-refractivity contribution in [3.8, 4) is 0 Å². The molecule has 1 aliphatic heterocycles. The fourth-order valence-electron chi connectivity index (χ4n) is 3.55. The van der Waals surface area contributed by atoms with Crippen molar-refractivity contribution in [2.75, 3.05) is 26.4 Å². The summed E-state index contributed by atoms with van der Waals surface area (Å²) in [6.07, 6.45) is 5.99. The van der Waals surface area contributed by atoms with Crippen LogP contribution in [0.1, 0.15) is 37.6 Å². The highest BCUT2D eigenvalue weighted by molar-refractivity contribution is 14.0. The summed E-state index contributed by atoms with van der Waals surface area (Å²) < 4.78 is 3.44. The predicted octanol–water partition coefficient (Wildman–Crippen LogP) is 3.21. The summed E-state index contributed by atoms with van der Waals surface area (Å²) in [6.45, 7) is 5.77. The highest BCUT2D eigenvalue weighted by Gasteiger charge is 2.16. The Morgan fingerprint density at radius 3 is 2.73 bits per heavy atom. The van der Waals surface area contributed by atoms with Gasteiger partial charge in [-0.1, -0.05) is 12.1 Å². The Balaban J connectivity index is 0.00000320. The summed E-state index contributed by atoms with van der Waals surface area (Å²) in [5.41, 5.74) is 1.28. The number of hydrogen-bond donors (Lipinski definition) is 1. The number of thioether (sulfide) groups is 1. The number of aromatic nitrogens is 3. The van der Waals surface area contributed by atoms with Crippen LogP contribution in [0.15, 0.2) is 38.9 Å². The first-order valence-corrected chi connectivity index (χ1v) is 11.6. The van der Waals surface area contributed by atoms with Gasteiger partial charge < -0.3 is 10.2 Å². The smallest absolute Gasteiger partial charge is 0.345 e. The zero-order valence-electron chi connectivity index (χ0n) is 18.1. The maximum Gasteiger partial charge on any atom is 0.345 e. The van der Waals surface area contributed by atoms with Gasteiger partial charge in [0.05, 0.1) is 0 Å². The molecule has 0 fully saturated rings. The average molecular weight is 545 g/mol. The third kappa shape index (κ3) is 6.50. The number of aryl methyl sites for hydroxylation is 2. The Kier molecular flexibility index (Phi) is 10.2. The minimum Gasteiger partial charge on any atom is -0.357 e. The monoisotopic (exact) mass is 544 g/mol. The van der Waals surface area contributed by atoms with E-state index in [2.05, 4.69) is 59.8 Å². The molecule has 0 unspecified atom stereocenters. The van der Waals surface area contributed by atoms with Crippen molar-refractivity contribution in [2.24, 2.45) is 4.99 Å². The third-order valence-electron chi connectivity index (χ3n) is 5.10. The van der Waals surface area contributed by atoms with Crippen molar-refractivity contribution in [3.05, 3.63) is 46.1 Å². The second-order valence-corrected chi connectivity index (χ2v) is 8.20. The van der Waals surface area contributed by atoms with Gasteiger partial charge in [0.2, 0.25) is 0 Å². The van der Waals surface area contributed by atoms with E-state index < -0.39 is 0 Å². The quantitative estimate of drug-likeness (QED) is 0.182. The summed E-state index contributed by atoms with van der Waals surface area (Å²) in [6, 6.07) is 8.64. The van der Waals surface area contributed by atoms with Gasteiger partial charge in [0.1, 0.15) is 5.82 Å². The topological polar surface area (TPSA) is 67.5 Å². The molecule has 1 N–H and O–H groups in total. The van der Waals surface area contributed by atoms with Crippen molar-refractivity contribution in [1.29, 1.82) is 0 Å². The molecule has 2 heterocycles. The molecular formula is C21H33IN6OS. The molecule has 1 aromatic carbocycles. The molecule has 30 heavy (non-hydrogen) atoms. The highest BCUT2D eigenvalue weighted by Crippen LogP contribution is 2.15. The number of aliphatic imine (C=N–C) groups is 1. The van der Waals surface area contributed by atoms with E-state index in [9.17, 15) is 4.79 Å². The molecule has 0 saturated heterocycles. The van der Waals surface area contributed by atoms with Gasteiger partial charge in [0.25, 0.3) is 0 Å². The van der Waals surface area contributed by atoms with E-state index in [4.69, 9.17) is 4.99 Å². The standard InChI is InChI=1S/C21H32N6OS.HI/c1-4-22-20(25(2)16-17-9-11-18(29-3)12-10-17)23-13-7-15-27-21(28)26-14-6-5-8-19(26)24-27;/h9-12H,4-8,13-16H2,1-3H3,(H,22,23);1H. The van der Waals surface area contributed by atoms with Crippen LogP contribution in [0.5, 0.6) is 0 Å². The van der Waals surface area contributed by atoms with Gasteiger partial charge in [0.15, 0.2) is 5.96 Å². The Labute approximate surface area is 200 Å². The normalized spacial score (nSPS) is 13.5. The van der Waals surface area contributed by atoms with Crippen LogP contribution >= 0.6 is 35.7 Å². The SMILES string of the molecule is CCNC(=NCCCn1nc2n(c1=O)CCCC2)N(C)Cc1ccc(SC)cc1.I. The summed E-state index contributed by atoms with van der Waals surface area (Å²) in [5, 5.41) is 7.86. The number of rotatable bonds is 8. The predicted molar refractivity (Wildman–Crippen MR) is 135 cm³/mol. The Morgan fingerprint density at radius 2 is 2.07 bits per heavy atom. The highest BCUT2D eigenvalue weighted by atomic mass is 127. The number of nitrogens with zero attached hydrogens (tertiary/aromatic N) is 5. The Hall–Kier alpha value is -1.49. The van der Waals surface area contributed by atoms with E-state index in [1.54, 1.807) is 16.4 Å². The second kappa shape index (κ2) is 12.4. The lowest BCUT2D eigenvalue weighted by Crippen LogP contribution is -2.38. The number of halogens is 1. The maximum absolute atomic E-state index is 12.4. The number of guanidine groups is 1. The van der Waals surface area contributed by atoms with Crippen LogP contribution < -0.4 is 11.0 Å². The van der Waals surface area contributed by atoms with Crippen LogP contribution in [0.3, 0.4) is 0 Å². The molecule has 0 spiro atoms. The number of benzene rings is 1.